The molecule has 0 saturated heterocycles. The molecule has 0 saturated carbocycles. The summed E-state index contributed by atoms with van der Waals surface area (Å²) in [7, 11) is 0. The number of pyridine rings is 2. The zero-order chi connectivity index (χ0) is 28.0. The van der Waals surface area contributed by atoms with Gasteiger partial charge in [0.1, 0.15) is 6.54 Å². The normalized spacial score (nSPS) is 13.8. The molecule has 0 N–H and O–H groups in total. The van der Waals surface area contributed by atoms with E-state index >= 15 is 0 Å². The van der Waals surface area contributed by atoms with Crippen molar-refractivity contribution in [2.24, 2.45) is 0 Å². The van der Waals surface area contributed by atoms with Crippen LogP contribution in [0.1, 0.15) is 29.9 Å². The van der Waals surface area contributed by atoms with Gasteiger partial charge in [0.05, 0.1) is 18.2 Å². The Balaban J connectivity index is 1.18. The fourth-order valence-corrected chi connectivity index (χ4v) is 5.21. The van der Waals surface area contributed by atoms with E-state index in [0.29, 0.717) is 0 Å². The Morgan fingerprint density at radius 1 is 0.732 bits per heavy atom. The highest BCUT2D eigenvalue weighted by Gasteiger charge is 2.26. The topological polar surface area (TPSA) is 37.2 Å². The fourth-order valence-electron chi connectivity index (χ4n) is 5.21. The lowest BCUT2D eigenvalue weighted by atomic mass is 10.2. The Bertz CT molecular complexity index is 1680. The highest BCUT2D eigenvalue weighted by Crippen LogP contribution is 2.38. The van der Waals surface area contributed by atoms with Crippen LogP contribution >= 0.6 is 0 Å². The van der Waals surface area contributed by atoms with Gasteiger partial charge < -0.3 is 14.1 Å². The van der Waals surface area contributed by atoms with Gasteiger partial charge >= 0.3 is 5.89 Å². The molecule has 4 heterocycles. The van der Waals surface area contributed by atoms with Crippen molar-refractivity contribution in [2.75, 3.05) is 11.4 Å². The van der Waals surface area contributed by atoms with Crippen molar-refractivity contribution in [1.82, 2.24) is 0 Å². The number of aryl methyl sites for hydroxylation is 5. The van der Waals surface area contributed by atoms with Crippen molar-refractivity contribution in [2.45, 2.75) is 46.3 Å². The SMILES string of the molecule is Cc1cc[n+](CCCN2/C(=C\C=C\c3oc4ccccc4[n+]3CCC[n+]3ccc(C)cc3)Oc3ccccc32)cc1. The molecular weight excluding hydrogens is 508 g/mol. The van der Waals surface area contributed by atoms with Crippen molar-refractivity contribution in [3.05, 3.63) is 133 Å². The summed E-state index contributed by atoms with van der Waals surface area (Å²) in [6.07, 6.45) is 16.7. The maximum atomic E-state index is 6.28. The number of anilines is 1. The first-order valence-corrected chi connectivity index (χ1v) is 14.4. The molecule has 5 aromatic rings. The summed E-state index contributed by atoms with van der Waals surface area (Å²) >= 11 is 0. The van der Waals surface area contributed by atoms with Crippen LogP contribution < -0.4 is 23.3 Å². The number of rotatable bonds is 10. The Kier molecular flexibility index (Phi) is 7.90. The molecule has 0 bridgehead atoms. The number of oxazole rings is 1. The standard InChI is InChI=1S/C35H37N4O2/c1-28-16-24-36(25-17-28)20-8-22-38-30-10-3-5-12-32(30)40-34(38)14-7-15-35-39(31-11-4-6-13-33(31)41-35)23-9-21-37-26-18-29(2)19-27-37/h3-7,10-19,24-27H,8-9,20-23H2,1-2H3/q+3. The first kappa shape index (κ1) is 26.5. The second-order valence-corrected chi connectivity index (χ2v) is 10.6. The lowest BCUT2D eigenvalue weighted by Gasteiger charge is -2.17. The summed E-state index contributed by atoms with van der Waals surface area (Å²) in [5.41, 5.74) is 5.65. The molecule has 6 heteroatoms. The third kappa shape index (κ3) is 6.22. The van der Waals surface area contributed by atoms with Crippen LogP contribution in [0.3, 0.4) is 0 Å². The number of allylic oxidation sites excluding steroid dienone is 2. The molecule has 3 aromatic heterocycles. The summed E-state index contributed by atoms with van der Waals surface area (Å²) in [6.45, 7) is 7.84. The number of nitrogens with zero attached hydrogens (tertiary/aromatic N) is 4. The summed E-state index contributed by atoms with van der Waals surface area (Å²) in [5.74, 6) is 2.55. The van der Waals surface area contributed by atoms with Gasteiger partial charge in [0.2, 0.25) is 11.5 Å². The van der Waals surface area contributed by atoms with Gasteiger partial charge in [-0.25, -0.2) is 9.13 Å². The molecular formula is C35H37N4O2+3. The van der Waals surface area contributed by atoms with Gasteiger partial charge in [0, 0.05) is 43.3 Å². The molecule has 206 valence electrons. The zero-order valence-corrected chi connectivity index (χ0v) is 23.8. The number of hydrogen-bond donors (Lipinski definition) is 0. The molecule has 6 rings (SSSR count). The summed E-state index contributed by atoms with van der Waals surface area (Å²) in [4.78, 5) is 2.26. The third-order valence-corrected chi connectivity index (χ3v) is 7.46. The summed E-state index contributed by atoms with van der Waals surface area (Å²) in [6, 6.07) is 25.1. The maximum Gasteiger partial charge on any atom is 0.374 e. The average molecular weight is 546 g/mol. The van der Waals surface area contributed by atoms with Crippen molar-refractivity contribution < 1.29 is 22.9 Å². The van der Waals surface area contributed by atoms with Crippen molar-refractivity contribution in [3.63, 3.8) is 0 Å². The largest absolute Gasteiger partial charge is 0.439 e. The number of para-hydroxylation sites is 4. The summed E-state index contributed by atoms with van der Waals surface area (Å²) < 4.78 is 19.3. The van der Waals surface area contributed by atoms with Crippen molar-refractivity contribution in [3.8, 4) is 5.75 Å². The summed E-state index contributed by atoms with van der Waals surface area (Å²) in [5, 5.41) is 0. The molecule has 0 radical (unpaired) electrons. The molecule has 0 fully saturated rings. The van der Waals surface area contributed by atoms with Crippen LogP contribution in [0.5, 0.6) is 5.75 Å². The van der Waals surface area contributed by atoms with E-state index in [9.17, 15) is 0 Å². The molecule has 0 aliphatic carbocycles. The van der Waals surface area contributed by atoms with E-state index < -0.39 is 0 Å². The van der Waals surface area contributed by atoms with Crippen LogP contribution in [0.4, 0.5) is 5.69 Å². The number of aromatic nitrogens is 3. The average Bonchev–Trinajstić information content (AvgIpc) is 3.53. The van der Waals surface area contributed by atoms with E-state index in [1.807, 2.05) is 42.5 Å². The predicted octanol–water partition coefficient (Wildman–Crippen LogP) is 5.85. The smallest absolute Gasteiger partial charge is 0.374 e. The molecule has 0 spiro atoms. The molecule has 0 unspecified atom stereocenters. The number of fused-ring (bicyclic) bond motifs is 2. The van der Waals surface area contributed by atoms with Gasteiger partial charge in [-0.3, -0.25) is 0 Å². The first-order chi connectivity index (χ1) is 20.1. The first-order valence-electron chi connectivity index (χ1n) is 14.4. The van der Waals surface area contributed by atoms with E-state index in [-0.39, 0.29) is 0 Å². The number of hydrogen-bond acceptors (Lipinski definition) is 3. The second kappa shape index (κ2) is 12.2. The molecule has 2 aromatic carbocycles. The molecule has 41 heavy (non-hydrogen) atoms. The zero-order valence-electron chi connectivity index (χ0n) is 23.8. The molecule has 1 aliphatic rings. The van der Waals surface area contributed by atoms with Crippen LogP contribution in [0.25, 0.3) is 17.2 Å². The number of benzene rings is 2. The third-order valence-electron chi connectivity index (χ3n) is 7.46. The van der Waals surface area contributed by atoms with E-state index in [1.54, 1.807) is 0 Å². The molecule has 0 atom stereocenters. The monoisotopic (exact) mass is 545 g/mol. The maximum absolute atomic E-state index is 6.28. The van der Waals surface area contributed by atoms with Crippen LogP contribution in [-0.4, -0.2) is 6.54 Å². The Morgan fingerprint density at radius 3 is 2.15 bits per heavy atom. The molecule has 1 aliphatic heterocycles. The lowest BCUT2D eigenvalue weighted by Crippen LogP contribution is -2.39. The predicted molar refractivity (Wildman–Crippen MR) is 160 cm³/mol. The van der Waals surface area contributed by atoms with Gasteiger partial charge in [-0.15, -0.1) is 0 Å². The van der Waals surface area contributed by atoms with Crippen molar-refractivity contribution in [1.29, 1.82) is 0 Å². The minimum atomic E-state index is 0.829. The quantitative estimate of drug-likeness (QED) is 0.207. The van der Waals surface area contributed by atoms with E-state index in [2.05, 4.69) is 106 Å². The lowest BCUT2D eigenvalue weighted by molar-refractivity contribution is -0.719. The van der Waals surface area contributed by atoms with Crippen LogP contribution in [0.2, 0.25) is 0 Å². The fraction of sp³-hybridized carbons (Fsp3) is 0.229. The molecule has 6 nitrogen and oxygen atoms in total. The highest BCUT2D eigenvalue weighted by atomic mass is 16.5. The number of ether oxygens (including phenoxy) is 1. The van der Waals surface area contributed by atoms with Crippen LogP contribution in [0, 0.1) is 13.8 Å². The van der Waals surface area contributed by atoms with Crippen LogP contribution in [-0.2, 0) is 19.6 Å². The Hall–Kier alpha value is -4.71. The minimum absolute atomic E-state index is 0.829. The Morgan fingerprint density at radius 2 is 1.39 bits per heavy atom. The van der Waals surface area contributed by atoms with Gasteiger partial charge in [-0.1, -0.05) is 24.3 Å². The van der Waals surface area contributed by atoms with Gasteiger partial charge in [-0.2, -0.15) is 4.57 Å². The van der Waals surface area contributed by atoms with Gasteiger partial charge in [0.25, 0.3) is 5.52 Å². The Labute approximate surface area is 241 Å². The highest BCUT2D eigenvalue weighted by molar-refractivity contribution is 5.70. The minimum Gasteiger partial charge on any atom is -0.439 e. The van der Waals surface area contributed by atoms with Crippen LogP contribution in [0.15, 0.2) is 120 Å². The van der Waals surface area contributed by atoms with E-state index in [0.717, 1.165) is 73.3 Å². The van der Waals surface area contributed by atoms with Gasteiger partial charge in [-0.05, 0) is 55.3 Å². The van der Waals surface area contributed by atoms with E-state index in [1.165, 1.54) is 11.1 Å². The molecule has 0 amide bonds. The second-order valence-electron chi connectivity index (χ2n) is 10.6. The van der Waals surface area contributed by atoms with E-state index in [4.69, 9.17) is 9.15 Å². The van der Waals surface area contributed by atoms with Crippen molar-refractivity contribution >= 4 is 22.9 Å². The van der Waals surface area contributed by atoms with Gasteiger partial charge in [0.15, 0.2) is 43.6 Å².